The van der Waals surface area contributed by atoms with Crippen LogP contribution in [0, 0.1) is 0 Å². The number of nitrogens with two attached hydrogens (primary N) is 1. The summed E-state index contributed by atoms with van der Waals surface area (Å²) >= 11 is 12.0. The lowest BCUT2D eigenvalue weighted by Crippen LogP contribution is -2.34. The third kappa shape index (κ3) is 3.51. The Kier molecular flexibility index (Phi) is 5.15. The maximum Gasteiger partial charge on any atom is 0.231 e. The molecule has 2 N–H and O–H groups in total. The van der Waals surface area contributed by atoms with E-state index >= 15 is 0 Å². The fraction of sp³-hybridized carbons (Fsp3) is 0.429. The zero-order valence-corrected chi connectivity index (χ0v) is 13.6. The first kappa shape index (κ1) is 16.6. The number of benzene rings is 1. The van der Waals surface area contributed by atoms with E-state index in [1.54, 1.807) is 12.1 Å². The molecule has 1 saturated carbocycles. The van der Waals surface area contributed by atoms with Crippen LogP contribution in [-0.4, -0.2) is 10.1 Å². The third-order valence-corrected chi connectivity index (χ3v) is 4.35. The molecule has 21 heavy (non-hydrogen) atoms. The summed E-state index contributed by atoms with van der Waals surface area (Å²) in [6, 6.07) is 5.36. The number of halogens is 3. The fourth-order valence-electron chi connectivity index (χ4n) is 2.59. The first-order valence-corrected chi connectivity index (χ1v) is 7.38. The summed E-state index contributed by atoms with van der Waals surface area (Å²) in [6.45, 7) is 0. The van der Waals surface area contributed by atoms with Crippen LogP contribution in [0.25, 0.3) is 0 Å². The van der Waals surface area contributed by atoms with Crippen molar-refractivity contribution < 1.29 is 4.52 Å². The number of hydrogen-bond donors (Lipinski definition) is 1. The summed E-state index contributed by atoms with van der Waals surface area (Å²) in [5.74, 6) is 1.14. The van der Waals surface area contributed by atoms with Gasteiger partial charge in [-0.25, -0.2) is 0 Å². The van der Waals surface area contributed by atoms with Crippen LogP contribution in [0.15, 0.2) is 22.7 Å². The Morgan fingerprint density at radius 1 is 1.24 bits per heavy atom. The standard InChI is InChI=1S/C14H15Cl2N3O.ClH/c15-10-4-3-9(11(16)8-10)7-12-18-13(19-20-12)14(17)5-1-2-6-14;/h3-4,8H,1-2,5-7,17H2;1H. The summed E-state index contributed by atoms with van der Waals surface area (Å²) in [5.41, 5.74) is 6.79. The normalized spacial score (nSPS) is 16.7. The molecule has 0 saturated heterocycles. The molecule has 1 aromatic carbocycles. The molecule has 0 atom stereocenters. The van der Waals surface area contributed by atoms with E-state index in [1.165, 1.54) is 0 Å². The summed E-state index contributed by atoms with van der Waals surface area (Å²) in [4.78, 5) is 4.43. The topological polar surface area (TPSA) is 64.9 Å². The second-order valence-electron chi connectivity index (χ2n) is 5.29. The minimum absolute atomic E-state index is 0. The van der Waals surface area contributed by atoms with E-state index in [2.05, 4.69) is 10.1 Å². The Hall–Kier alpha value is -0.810. The molecule has 3 rings (SSSR count). The minimum Gasteiger partial charge on any atom is -0.339 e. The van der Waals surface area contributed by atoms with Crippen molar-refractivity contribution in [1.82, 2.24) is 10.1 Å². The Bertz CT molecular complexity index is 624. The maximum absolute atomic E-state index is 6.31. The molecular weight excluding hydrogens is 333 g/mol. The molecule has 0 amide bonds. The van der Waals surface area contributed by atoms with Crippen molar-refractivity contribution in [2.24, 2.45) is 5.73 Å². The molecule has 0 unspecified atom stereocenters. The lowest BCUT2D eigenvalue weighted by Gasteiger charge is -2.17. The van der Waals surface area contributed by atoms with E-state index in [4.69, 9.17) is 33.5 Å². The predicted octanol–water partition coefficient (Wildman–Crippen LogP) is 4.12. The average Bonchev–Trinajstić information content (AvgIpc) is 3.03. The molecule has 4 nitrogen and oxygen atoms in total. The molecule has 2 aromatic rings. The monoisotopic (exact) mass is 347 g/mol. The zero-order valence-electron chi connectivity index (χ0n) is 11.3. The van der Waals surface area contributed by atoms with Gasteiger partial charge in [0.1, 0.15) is 0 Å². The van der Waals surface area contributed by atoms with Gasteiger partial charge in [0.05, 0.1) is 12.0 Å². The van der Waals surface area contributed by atoms with E-state index in [-0.39, 0.29) is 12.4 Å². The Morgan fingerprint density at radius 3 is 2.62 bits per heavy atom. The first-order valence-electron chi connectivity index (χ1n) is 6.63. The molecule has 1 aliphatic carbocycles. The van der Waals surface area contributed by atoms with Crippen LogP contribution in [0.5, 0.6) is 0 Å². The molecule has 1 heterocycles. The van der Waals surface area contributed by atoms with Gasteiger partial charge in [0, 0.05) is 10.0 Å². The zero-order chi connectivity index (χ0) is 14.2. The number of nitrogens with zero attached hydrogens (tertiary/aromatic N) is 2. The van der Waals surface area contributed by atoms with Gasteiger partial charge in [0.25, 0.3) is 0 Å². The van der Waals surface area contributed by atoms with Crippen LogP contribution < -0.4 is 5.73 Å². The van der Waals surface area contributed by atoms with Crippen molar-refractivity contribution in [3.8, 4) is 0 Å². The van der Waals surface area contributed by atoms with Gasteiger partial charge >= 0.3 is 0 Å². The molecule has 1 fully saturated rings. The Morgan fingerprint density at radius 2 is 1.95 bits per heavy atom. The van der Waals surface area contributed by atoms with Crippen molar-refractivity contribution in [3.05, 3.63) is 45.5 Å². The highest BCUT2D eigenvalue weighted by molar-refractivity contribution is 6.35. The van der Waals surface area contributed by atoms with E-state index in [0.717, 1.165) is 31.2 Å². The van der Waals surface area contributed by atoms with Crippen LogP contribution in [0.4, 0.5) is 0 Å². The molecule has 0 bridgehead atoms. The molecule has 1 aromatic heterocycles. The van der Waals surface area contributed by atoms with Gasteiger partial charge in [-0.2, -0.15) is 4.98 Å². The molecule has 0 radical (unpaired) electrons. The van der Waals surface area contributed by atoms with Crippen LogP contribution in [0.3, 0.4) is 0 Å². The van der Waals surface area contributed by atoms with Gasteiger partial charge in [-0.3, -0.25) is 0 Å². The van der Waals surface area contributed by atoms with E-state index in [9.17, 15) is 0 Å². The average molecular weight is 349 g/mol. The highest BCUT2D eigenvalue weighted by atomic mass is 35.5. The van der Waals surface area contributed by atoms with Gasteiger partial charge in [-0.05, 0) is 30.5 Å². The van der Waals surface area contributed by atoms with E-state index in [0.29, 0.717) is 28.2 Å². The lowest BCUT2D eigenvalue weighted by atomic mass is 9.99. The molecular formula is C14H16Cl3N3O. The van der Waals surface area contributed by atoms with Crippen molar-refractivity contribution in [2.75, 3.05) is 0 Å². The summed E-state index contributed by atoms with van der Waals surface area (Å²) in [7, 11) is 0. The van der Waals surface area contributed by atoms with Crippen molar-refractivity contribution in [2.45, 2.75) is 37.6 Å². The minimum atomic E-state index is -0.425. The highest BCUT2D eigenvalue weighted by Crippen LogP contribution is 2.34. The second-order valence-corrected chi connectivity index (χ2v) is 6.13. The number of rotatable bonds is 3. The van der Waals surface area contributed by atoms with Crippen molar-refractivity contribution >= 4 is 35.6 Å². The Balaban J connectivity index is 0.00000161. The SMILES string of the molecule is Cl.NC1(c2noc(Cc3ccc(Cl)cc3Cl)n2)CCCC1. The number of aromatic nitrogens is 2. The largest absolute Gasteiger partial charge is 0.339 e. The number of hydrogen-bond acceptors (Lipinski definition) is 4. The lowest BCUT2D eigenvalue weighted by molar-refractivity contribution is 0.352. The molecule has 114 valence electrons. The van der Waals surface area contributed by atoms with E-state index < -0.39 is 5.54 Å². The first-order chi connectivity index (χ1) is 9.57. The van der Waals surface area contributed by atoms with Gasteiger partial charge < -0.3 is 10.3 Å². The van der Waals surface area contributed by atoms with Gasteiger partial charge in [-0.15, -0.1) is 12.4 Å². The molecule has 0 aliphatic heterocycles. The summed E-state index contributed by atoms with van der Waals surface area (Å²) in [5, 5.41) is 5.24. The highest BCUT2D eigenvalue weighted by Gasteiger charge is 2.35. The molecule has 7 heteroatoms. The summed E-state index contributed by atoms with van der Waals surface area (Å²) in [6.07, 6.45) is 4.53. The van der Waals surface area contributed by atoms with Crippen molar-refractivity contribution in [1.29, 1.82) is 0 Å². The van der Waals surface area contributed by atoms with Gasteiger partial charge in [0.15, 0.2) is 5.82 Å². The van der Waals surface area contributed by atoms with Crippen molar-refractivity contribution in [3.63, 3.8) is 0 Å². The predicted molar refractivity (Wildman–Crippen MR) is 85.1 cm³/mol. The van der Waals surface area contributed by atoms with Crippen LogP contribution in [-0.2, 0) is 12.0 Å². The van der Waals surface area contributed by atoms with Gasteiger partial charge in [0.2, 0.25) is 5.89 Å². The van der Waals surface area contributed by atoms with Crippen LogP contribution in [0.1, 0.15) is 43.0 Å². The van der Waals surface area contributed by atoms with Crippen LogP contribution >= 0.6 is 35.6 Å². The quantitative estimate of drug-likeness (QED) is 0.906. The summed E-state index contributed by atoms with van der Waals surface area (Å²) < 4.78 is 5.30. The molecule has 0 spiro atoms. The fourth-order valence-corrected chi connectivity index (χ4v) is 3.06. The van der Waals surface area contributed by atoms with E-state index in [1.807, 2.05) is 6.07 Å². The second kappa shape index (κ2) is 6.53. The Labute approximate surface area is 139 Å². The van der Waals surface area contributed by atoms with Gasteiger partial charge in [-0.1, -0.05) is 47.3 Å². The maximum atomic E-state index is 6.31. The molecule has 1 aliphatic rings. The third-order valence-electron chi connectivity index (χ3n) is 3.77. The smallest absolute Gasteiger partial charge is 0.231 e. The van der Waals surface area contributed by atoms with Crippen LogP contribution in [0.2, 0.25) is 10.0 Å².